The van der Waals surface area contributed by atoms with Gasteiger partial charge in [-0.25, -0.2) is 4.98 Å². The van der Waals surface area contributed by atoms with Crippen molar-refractivity contribution in [2.75, 3.05) is 14.2 Å². The molecule has 30 heavy (non-hydrogen) atoms. The summed E-state index contributed by atoms with van der Waals surface area (Å²) in [5.41, 5.74) is 9.11. The van der Waals surface area contributed by atoms with Crippen LogP contribution in [0.25, 0.3) is 0 Å². The summed E-state index contributed by atoms with van der Waals surface area (Å²) in [5.74, 6) is 0.638. The van der Waals surface area contributed by atoms with Crippen molar-refractivity contribution in [1.82, 2.24) is 14.5 Å². The van der Waals surface area contributed by atoms with Crippen LogP contribution >= 0.6 is 24.8 Å². The molecule has 3 rings (SSSR count). The first-order chi connectivity index (χ1) is 13.6. The number of likely N-dealkylation sites (N-methyl/N-ethyl adjacent to an activating group) is 1. The van der Waals surface area contributed by atoms with Crippen LogP contribution < -0.4 is 10.5 Å². The summed E-state index contributed by atoms with van der Waals surface area (Å²) in [4.78, 5) is 18.7. The fourth-order valence-electron chi connectivity index (χ4n) is 3.16. The molecule has 2 N–H and O–H groups in total. The number of carbonyl (C=O) groups is 1. The van der Waals surface area contributed by atoms with Gasteiger partial charge < -0.3 is 19.9 Å². The molecule has 0 aliphatic heterocycles. The van der Waals surface area contributed by atoms with Gasteiger partial charge in [-0.15, -0.1) is 24.8 Å². The number of ether oxygens (including phenoxy) is 1. The van der Waals surface area contributed by atoms with Gasteiger partial charge in [0.1, 0.15) is 5.75 Å². The highest BCUT2D eigenvalue weighted by atomic mass is 35.5. The zero-order chi connectivity index (χ0) is 19.9. The molecule has 3 aromatic rings. The van der Waals surface area contributed by atoms with Gasteiger partial charge in [0.25, 0.3) is 0 Å². The van der Waals surface area contributed by atoms with Crippen LogP contribution in [0.1, 0.15) is 16.8 Å². The van der Waals surface area contributed by atoms with Gasteiger partial charge in [-0.3, -0.25) is 4.79 Å². The number of imidazole rings is 1. The highest BCUT2D eigenvalue weighted by Gasteiger charge is 2.20. The Bertz CT molecular complexity index is 918. The minimum Gasteiger partial charge on any atom is -0.496 e. The van der Waals surface area contributed by atoms with Gasteiger partial charge in [-0.1, -0.05) is 48.5 Å². The molecule has 162 valence electrons. The van der Waals surface area contributed by atoms with Gasteiger partial charge in [-0.2, -0.15) is 0 Å². The zero-order valence-corrected chi connectivity index (χ0v) is 18.7. The lowest BCUT2D eigenvalue weighted by Gasteiger charge is -2.22. The molecule has 0 aliphatic rings. The minimum atomic E-state index is -0.639. The normalized spacial score (nSPS) is 11.0. The van der Waals surface area contributed by atoms with Crippen molar-refractivity contribution in [3.05, 3.63) is 83.9 Å². The van der Waals surface area contributed by atoms with Crippen LogP contribution in [0.4, 0.5) is 0 Å². The molecule has 1 amide bonds. The topological polar surface area (TPSA) is 73.4 Å². The van der Waals surface area contributed by atoms with E-state index in [1.165, 1.54) is 5.56 Å². The largest absolute Gasteiger partial charge is 0.496 e. The molecule has 1 atom stereocenters. The minimum absolute atomic E-state index is 0. The van der Waals surface area contributed by atoms with E-state index >= 15 is 0 Å². The molecule has 0 radical (unpaired) electrons. The van der Waals surface area contributed by atoms with E-state index in [9.17, 15) is 4.79 Å². The van der Waals surface area contributed by atoms with Crippen LogP contribution in [0.2, 0.25) is 0 Å². The molecule has 0 unspecified atom stereocenters. The molecule has 2 aromatic carbocycles. The summed E-state index contributed by atoms with van der Waals surface area (Å²) in [6, 6.07) is 17.2. The maximum Gasteiger partial charge on any atom is 0.239 e. The van der Waals surface area contributed by atoms with E-state index in [2.05, 4.69) is 17.1 Å². The number of para-hydroxylation sites is 1. The Morgan fingerprint density at radius 1 is 1.13 bits per heavy atom. The molecule has 0 spiro atoms. The van der Waals surface area contributed by atoms with Crippen LogP contribution in [-0.4, -0.2) is 40.6 Å². The van der Waals surface area contributed by atoms with Crippen LogP contribution in [0.15, 0.2) is 67.1 Å². The standard InChI is InChI=1S/C22H26N4O2.2ClH/c1-25(14-18-10-6-7-11-21(18)28-2)22(27)20(23)12-19-15-26(16-24-19)13-17-8-4-3-5-9-17;;/h3-11,15-16,20H,12-14,23H2,1-2H3;2*1H/t20-;;/m0../s1. The monoisotopic (exact) mass is 450 g/mol. The Kier molecular flexibility index (Phi) is 10.4. The van der Waals surface area contributed by atoms with Gasteiger partial charge >= 0.3 is 0 Å². The summed E-state index contributed by atoms with van der Waals surface area (Å²) in [6.45, 7) is 1.18. The van der Waals surface area contributed by atoms with E-state index in [1.54, 1.807) is 25.4 Å². The lowest BCUT2D eigenvalue weighted by Crippen LogP contribution is -2.42. The quantitative estimate of drug-likeness (QED) is 0.571. The third-order valence-electron chi connectivity index (χ3n) is 4.62. The molecular weight excluding hydrogens is 423 g/mol. The average molecular weight is 451 g/mol. The second kappa shape index (κ2) is 12.2. The van der Waals surface area contributed by atoms with Gasteiger partial charge in [-0.05, 0) is 11.6 Å². The molecule has 0 bridgehead atoms. The number of benzene rings is 2. The number of nitrogens with zero attached hydrogens (tertiary/aromatic N) is 3. The van der Waals surface area contributed by atoms with Gasteiger partial charge in [0.2, 0.25) is 5.91 Å². The third-order valence-corrected chi connectivity index (χ3v) is 4.62. The molecule has 6 nitrogen and oxygen atoms in total. The fraction of sp³-hybridized carbons (Fsp3) is 0.273. The predicted octanol–water partition coefficient (Wildman–Crippen LogP) is 3.31. The first kappa shape index (κ1) is 25.5. The SMILES string of the molecule is COc1ccccc1CN(C)C(=O)[C@@H](N)Cc1cn(Cc2ccccc2)cn1.Cl.Cl. The van der Waals surface area contributed by atoms with Crippen LogP contribution in [0.3, 0.4) is 0 Å². The van der Waals surface area contributed by atoms with Crippen molar-refractivity contribution in [3.8, 4) is 5.75 Å². The van der Waals surface area contributed by atoms with Gasteiger partial charge in [0, 0.05) is 38.3 Å². The van der Waals surface area contributed by atoms with E-state index in [4.69, 9.17) is 10.5 Å². The first-order valence-electron chi connectivity index (χ1n) is 9.24. The molecule has 1 heterocycles. The Hall–Kier alpha value is -2.54. The Labute approximate surface area is 189 Å². The average Bonchev–Trinajstić information content (AvgIpc) is 3.15. The summed E-state index contributed by atoms with van der Waals surface area (Å²) in [5, 5.41) is 0. The molecule has 1 aromatic heterocycles. The smallest absolute Gasteiger partial charge is 0.239 e. The Balaban J connectivity index is 0.00000225. The Morgan fingerprint density at radius 2 is 1.80 bits per heavy atom. The molecule has 0 fully saturated rings. The second-order valence-electron chi connectivity index (χ2n) is 6.84. The van der Waals surface area contributed by atoms with Crippen molar-refractivity contribution < 1.29 is 9.53 Å². The highest BCUT2D eigenvalue weighted by Crippen LogP contribution is 2.19. The molecule has 0 saturated carbocycles. The van der Waals surface area contributed by atoms with Crippen molar-refractivity contribution in [1.29, 1.82) is 0 Å². The molecule has 0 aliphatic carbocycles. The van der Waals surface area contributed by atoms with Gasteiger partial charge in [0.05, 0.1) is 25.2 Å². The summed E-state index contributed by atoms with van der Waals surface area (Å²) in [7, 11) is 3.38. The number of hydrogen-bond acceptors (Lipinski definition) is 4. The number of aromatic nitrogens is 2. The zero-order valence-electron chi connectivity index (χ0n) is 17.1. The number of nitrogens with two attached hydrogens (primary N) is 1. The Morgan fingerprint density at radius 3 is 2.50 bits per heavy atom. The maximum atomic E-state index is 12.7. The summed E-state index contributed by atoms with van der Waals surface area (Å²) < 4.78 is 7.35. The van der Waals surface area contributed by atoms with Crippen molar-refractivity contribution in [2.45, 2.75) is 25.6 Å². The number of methoxy groups -OCH3 is 1. The number of rotatable bonds is 8. The molecular formula is C22H28Cl2N4O2. The first-order valence-corrected chi connectivity index (χ1v) is 9.24. The third kappa shape index (κ3) is 6.76. The van der Waals surface area contributed by atoms with Crippen LogP contribution in [-0.2, 0) is 24.3 Å². The lowest BCUT2D eigenvalue weighted by molar-refractivity contribution is -0.131. The van der Waals surface area contributed by atoms with Crippen molar-refractivity contribution in [2.24, 2.45) is 5.73 Å². The fourth-order valence-corrected chi connectivity index (χ4v) is 3.16. The van der Waals surface area contributed by atoms with Crippen LogP contribution in [0, 0.1) is 0 Å². The second-order valence-corrected chi connectivity index (χ2v) is 6.84. The number of halogens is 2. The number of amides is 1. The molecule has 0 saturated heterocycles. The molecule has 8 heteroatoms. The summed E-state index contributed by atoms with van der Waals surface area (Å²) >= 11 is 0. The van der Waals surface area contributed by atoms with Crippen molar-refractivity contribution >= 4 is 30.7 Å². The lowest BCUT2D eigenvalue weighted by atomic mass is 10.1. The van der Waals surface area contributed by atoms with E-state index < -0.39 is 6.04 Å². The predicted molar refractivity (Wildman–Crippen MR) is 123 cm³/mol. The van der Waals surface area contributed by atoms with Crippen molar-refractivity contribution in [3.63, 3.8) is 0 Å². The van der Waals surface area contributed by atoms with Crippen LogP contribution in [0.5, 0.6) is 5.75 Å². The number of hydrogen-bond donors (Lipinski definition) is 1. The van der Waals surface area contributed by atoms with E-state index in [0.29, 0.717) is 13.0 Å². The number of carbonyl (C=O) groups excluding carboxylic acids is 1. The summed E-state index contributed by atoms with van der Waals surface area (Å²) in [6.07, 6.45) is 4.12. The van der Waals surface area contributed by atoms with E-state index in [0.717, 1.165) is 23.6 Å². The highest BCUT2D eigenvalue weighted by molar-refractivity contribution is 5.85. The van der Waals surface area contributed by atoms with E-state index in [1.807, 2.05) is 53.2 Å². The van der Waals surface area contributed by atoms with Gasteiger partial charge in [0.15, 0.2) is 0 Å². The maximum absolute atomic E-state index is 12.7. The van der Waals surface area contributed by atoms with E-state index in [-0.39, 0.29) is 30.7 Å².